The van der Waals surface area contributed by atoms with Gasteiger partial charge in [-0.1, -0.05) is 23.7 Å². The van der Waals surface area contributed by atoms with E-state index in [0.717, 1.165) is 22.3 Å². The lowest BCUT2D eigenvalue weighted by Gasteiger charge is -2.02. The van der Waals surface area contributed by atoms with Crippen molar-refractivity contribution < 1.29 is 0 Å². The lowest BCUT2D eigenvalue weighted by Crippen LogP contribution is -1.91. The van der Waals surface area contributed by atoms with Crippen LogP contribution in [0.15, 0.2) is 12.1 Å². The number of halogens is 4. The molecule has 0 radical (unpaired) electrons. The van der Waals surface area contributed by atoms with Gasteiger partial charge in [0.25, 0.3) is 0 Å². The molecule has 0 nitrogen and oxygen atoms in total. The summed E-state index contributed by atoms with van der Waals surface area (Å²) in [7, 11) is 0. The van der Waals surface area contributed by atoms with Gasteiger partial charge in [0.2, 0.25) is 0 Å². The van der Waals surface area contributed by atoms with Gasteiger partial charge in [-0.3, -0.25) is 0 Å². The molecule has 0 aliphatic carbocycles. The third-order valence-corrected chi connectivity index (χ3v) is 2.68. The van der Waals surface area contributed by atoms with Crippen molar-refractivity contribution in [3.8, 4) is 43.0 Å². The lowest BCUT2D eigenvalue weighted by atomic mass is 9.99. The second kappa shape index (κ2) is 8.48. The molecule has 1 aromatic carbocycles. The Morgan fingerprint density at radius 1 is 0.500 bits per heavy atom. The van der Waals surface area contributed by atoms with Gasteiger partial charge >= 0.3 is 0 Å². The molecule has 0 saturated carbocycles. The molecule has 4 heteroatoms. The molecule has 0 spiro atoms. The van der Waals surface area contributed by atoms with Crippen molar-refractivity contribution in [1.82, 2.24) is 0 Å². The summed E-state index contributed by atoms with van der Waals surface area (Å²) in [6.45, 7) is 0. The van der Waals surface area contributed by atoms with Gasteiger partial charge in [-0.15, -0.1) is 0 Å². The van der Waals surface area contributed by atoms with Gasteiger partial charge in [0, 0.05) is 86.0 Å². The van der Waals surface area contributed by atoms with Gasteiger partial charge in [0.15, 0.2) is 0 Å². The first-order valence-corrected chi connectivity index (χ1v) is 7.58. The van der Waals surface area contributed by atoms with Crippen LogP contribution in [0, 0.1) is 43.0 Å². The van der Waals surface area contributed by atoms with Crippen LogP contribution in [0.25, 0.3) is 0 Å². The number of benzene rings is 1. The van der Waals surface area contributed by atoms with Gasteiger partial charge in [0.05, 0.1) is 0 Å². The van der Waals surface area contributed by atoms with Crippen LogP contribution in [0.2, 0.25) is 0 Å². The number of hydrogen-bond donors (Lipinski definition) is 0. The minimum atomic E-state index is 0.796. The maximum atomic E-state index is 3.08. The molecule has 0 saturated heterocycles. The van der Waals surface area contributed by atoms with Crippen LogP contribution in [0.1, 0.15) is 22.3 Å². The highest BCUT2D eigenvalue weighted by Gasteiger charge is 2.05. The molecule has 0 bridgehead atoms. The molecule has 0 fully saturated rings. The van der Waals surface area contributed by atoms with Crippen molar-refractivity contribution in [2.45, 2.75) is 0 Å². The van der Waals surface area contributed by atoms with Crippen LogP contribution in [-0.2, 0) is 0 Å². The van der Waals surface area contributed by atoms with E-state index in [1.165, 1.54) is 0 Å². The third kappa shape index (κ3) is 4.24. The summed E-state index contributed by atoms with van der Waals surface area (Å²) in [4.78, 5) is 10.7. The molecule has 0 aliphatic heterocycles. The fourth-order valence-electron chi connectivity index (χ4n) is 1.22. The van der Waals surface area contributed by atoms with E-state index >= 15 is 0 Å². The average Bonchev–Trinajstić information content (AvgIpc) is 2.35. The maximum absolute atomic E-state index is 3.08. The quantitative estimate of drug-likeness (QED) is 0.471. The van der Waals surface area contributed by atoms with Crippen molar-refractivity contribution >= 4 is 63.7 Å². The maximum Gasteiger partial charge on any atom is 0.0424 e. The molecule has 1 rings (SSSR count). The molecule has 18 heavy (non-hydrogen) atoms. The zero-order chi connectivity index (χ0) is 13.4. The van der Waals surface area contributed by atoms with Crippen LogP contribution in [0.4, 0.5) is 0 Å². The molecule has 0 unspecified atom stereocenters. The van der Waals surface area contributed by atoms with Gasteiger partial charge in [-0.2, -0.15) is 0 Å². The normalized spacial score (nSPS) is 7.33. The van der Waals surface area contributed by atoms with Gasteiger partial charge in [-0.25, -0.2) is 0 Å². The van der Waals surface area contributed by atoms with E-state index in [2.05, 4.69) is 107 Å². The van der Waals surface area contributed by atoms with Crippen molar-refractivity contribution in [3.05, 3.63) is 34.4 Å². The fourth-order valence-corrected chi connectivity index (χ4v) is 2.07. The van der Waals surface area contributed by atoms with E-state index in [1.54, 1.807) is 0 Å². The molecular formula is C14H2Br4. The van der Waals surface area contributed by atoms with Crippen LogP contribution >= 0.6 is 63.7 Å². The number of hydrogen-bond acceptors (Lipinski definition) is 0. The molecule has 0 atom stereocenters. The Balaban J connectivity index is 3.62. The Morgan fingerprint density at radius 3 is 0.889 bits per heavy atom. The third-order valence-electron chi connectivity index (χ3n) is 1.89. The van der Waals surface area contributed by atoms with Crippen LogP contribution in [-0.4, -0.2) is 0 Å². The Labute approximate surface area is 140 Å². The van der Waals surface area contributed by atoms with E-state index < -0.39 is 0 Å². The second-order valence-electron chi connectivity index (χ2n) is 2.82. The van der Waals surface area contributed by atoms with E-state index in [4.69, 9.17) is 0 Å². The highest BCUT2D eigenvalue weighted by molar-refractivity contribution is 9.12. The second-order valence-corrected chi connectivity index (χ2v) is 4.41. The Bertz CT molecular complexity index is 579. The highest BCUT2D eigenvalue weighted by atomic mass is 79.9. The standard InChI is InChI=1S/C14H2Br4/c15-5-1-11-9-13(3-7-17)14(4-8-18)10-12(11)2-6-16/h9-10H. The zero-order valence-electron chi connectivity index (χ0n) is 8.67. The molecule has 0 heterocycles. The van der Waals surface area contributed by atoms with Crippen molar-refractivity contribution in [1.29, 1.82) is 0 Å². The van der Waals surface area contributed by atoms with Gasteiger partial charge in [0.1, 0.15) is 0 Å². The summed E-state index contributed by atoms with van der Waals surface area (Å²) in [5.41, 5.74) is 3.18. The highest BCUT2D eigenvalue weighted by Crippen LogP contribution is 2.16. The lowest BCUT2D eigenvalue weighted by molar-refractivity contribution is 1.52. The monoisotopic (exact) mass is 486 g/mol. The summed E-state index contributed by atoms with van der Waals surface area (Å²) in [6.07, 6.45) is 0. The predicted octanol–water partition coefficient (Wildman–Crippen LogP) is 4.50. The van der Waals surface area contributed by atoms with Crippen LogP contribution in [0.3, 0.4) is 0 Å². The van der Waals surface area contributed by atoms with E-state index in [-0.39, 0.29) is 0 Å². The summed E-state index contributed by atoms with van der Waals surface area (Å²) < 4.78 is 0. The van der Waals surface area contributed by atoms with Crippen molar-refractivity contribution in [3.63, 3.8) is 0 Å². The van der Waals surface area contributed by atoms with Crippen molar-refractivity contribution in [2.75, 3.05) is 0 Å². The number of rotatable bonds is 0. The Morgan fingerprint density at radius 2 is 0.722 bits per heavy atom. The van der Waals surface area contributed by atoms with Gasteiger partial charge < -0.3 is 0 Å². The zero-order valence-corrected chi connectivity index (χ0v) is 15.0. The first-order valence-electron chi connectivity index (χ1n) is 4.41. The Hall–Kier alpha value is -0.620. The summed E-state index contributed by atoms with van der Waals surface area (Å²) >= 11 is 12.3. The largest absolute Gasteiger partial charge is 0.0532 e. The first-order chi connectivity index (χ1) is 8.76. The van der Waals surface area contributed by atoms with Crippen LogP contribution < -0.4 is 0 Å². The van der Waals surface area contributed by atoms with E-state index in [1.807, 2.05) is 12.1 Å². The molecule has 86 valence electrons. The van der Waals surface area contributed by atoms with Crippen LogP contribution in [0.5, 0.6) is 0 Å². The molecule has 0 aromatic heterocycles. The van der Waals surface area contributed by atoms with E-state index in [9.17, 15) is 0 Å². The smallest absolute Gasteiger partial charge is 0.0424 e. The average molecular weight is 490 g/mol. The predicted molar refractivity (Wildman–Crippen MR) is 89.7 cm³/mol. The minimum absolute atomic E-state index is 0.796. The summed E-state index contributed by atoms with van der Waals surface area (Å²) in [5, 5.41) is 0. The topological polar surface area (TPSA) is 0 Å². The fraction of sp³-hybridized carbons (Fsp3) is 0. The summed E-state index contributed by atoms with van der Waals surface area (Å²) in [5.74, 6) is 11.7. The molecule has 0 aliphatic rings. The summed E-state index contributed by atoms with van der Waals surface area (Å²) in [6, 6.07) is 3.73. The molecule has 1 aromatic rings. The van der Waals surface area contributed by atoms with Crippen molar-refractivity contribution in [2.24, 2.45) is 0 Å². The SMILES string of the molecule is BrC#Cc1cc(C#CBr)c(C#CBr)cc1C#CBr. The van der Waals surface area contributed by atoms with E-state index in [0.29, 0.717) is 0 Å². The van der Waals surface area contributed by atoms with Gasteiger partial charge in [-0.05, 0) is 31.5 Å². The molecule has 0 amide bonds. The minimum Gasteiger partial charge on any atom is -0.0532 e. The molecule has 0 N–H and O–H groups in total. The Kier molecular flexibility index (Phi) is 7.27. The molecular weight excluding hydrogens is 488 g/mol. The first kappa shape index (κ1) is 15.4.